The molecule has 0 aliphatic carbocycles. The third kappa shape index (κ3) is 3.57. The molecule has 4 rings (SSSR count). The standard InChI is InChI=1S/C19H18N4O2S/c24-19-20-15-9-4-5-10-16(15)23(19)11-6-12-26-13-17-21-18(22-25-17)14-7-2-1-3-8-14/h1-5,7-10H,6,11-13H2,(H,20,24). The first-order valence-corrected chi connectivity index (χ1v) is 9.60. The van der Waals surface area contributed by atoms with Gasteiger partial charge in [0.15, 0.2) is 0 Å². The molecule has 2 aromatic heterocycles. The predicted octanol–water partition coefficient (Wildman–Crippen LogP) is 3.70. The molecule has 0 atom stereocenters. The molecule has 0 saturated heterocycles. The number of nitrogens with zero attached hydrogens (tertiary/aromatic N) is 3. The molecule has 0 saturated carbocycles. The van der Waals surface area contributed by atoms with E-state index in [0.717, 1.165) is 28.8 Å². The van der Waals surface area contributed by atoms with Crippen LogP contribution >= 0.6 is 11.8 Å². The van der Waals surface area contributed by atoms with E-state index in [1.807, 2.05) is 54.6 Å². The van der Waals surface area contributed by atoms with Crippen LogP contribution in [0.25, 0.3) is 22.4 Å². The van der Waals surface area contributed by atoms with Gasteiger partial charge in [0.05, 0.1) is 16.8 Å². The Kier molecular flexibility index (Phi) is 4.88. The monoisotopic (exact) mass is 366 g/mol. The summed E-state index contributed by atoms with van der Waals surface area (Å²) in [6, 6.07) is 17.5. The van der Waals surface area contributed by atoms with Gasteiger partial charge in [0.2, 0.25) is 11.7 Å². The van der Waals surface area contributed by atoms with Crippen molar-refractivity contribution in [3.8, 4) is 11.4 Å². The van der Waals surface area contributed by atoms with Crippen LogP contribution in [0.3, 0.4) is 0 Å². The quantitative estimate of drug-likeness (QED) is 0.505. The number of hydrogen-bond donors (Lipinski definition) is 1. The lowest BCUT2D eigenvalue weighted by atomic mass is 10.2. The van der Waals surface area contributed by atoms with Crippen LogP contribution in [0.5, 0.6) is 0 Å². The van der Waals surface area contributed by atoms with Gasteiger partial charge >= 0.3 is 5.69 Å². The van der Waals surface area contributed by atoms with E-state index < -0.39 is 0 Å². The van der Waals surface area contributed by atoms with Crippen molar-refractivity contribution in [2.75, 3.05) is 5.75 Å². The zero-order valence-electron chi connectivity index (χ0n) is 14.1. The fourth-order valence-electron chi connectivity index (χ4n) is 2.83. The zero-order chi connectivity index (χ0) is 17.8. The average molecular weight is 366 g/mol. The molecule has 2 heterocycles. The SMILES string of the molecule is O=c1[nH]c2ccccc2n1CCCSCc1nc(-c2ccccc2)no1. The Balaban J connectivity index is 1.29. The van der Waals surface area contributed by atoms with Crippen LogP contribution in [-0.4, -0.2) is 25.4 Å². The number of aromatic amines is 1. The van der Waals surface area contributed by atoms with Gasteiger partial charge in [0.25, 0.3) is 0 Å². The van der Waals surface area contributed by atoms with Crippen molar-refractivity contribution >= 4 is 22.8 Å². The van der Waals surface area contributed by atoms with Crippen LogP contribution in [0.4, 0.5) is 0 Å². The van der Waals surface area contributed by atoms with Crippen LogP contribution in [0.15, 0.2) is 63.9 Å². The van der Waals surface area contributed by atoms with E-state index in [1.54, 1.807) is 16.3 Å². The first kappa shape index (κ1) is 16.7. The third-order valence-electron chi connectivity index (χ3n) is 4.08. The van der Waals surface area contributed by atoms with Crippen molar-refractivity contribution in [3.63, 3.8) is 0 Å². The Bertz CT molecular complexity index is 1050. The number of thioether (sulfide) groups is 1. The molecular formula is C19H18N4O2S. The number of imidazole rings is 1. The molecular weight excluding hydrogens is 348 g/mol. The van der Waals surface area contributed by atoms with Gasteiger partial charge in [0.1, 0.15) is 0 Å². The van der Waals surface area contributed by atoms with Gasteiger partial charge in [-0.25, -0.2) is 4.79 Å². The van der Waals surface area contributed by atoms with E-state index in [9.17, 15) is 4.79 Å². The minimum absolute atomic E-state index is 0.0550. The Morgan fingerprint density at radius 3 is 2.77 bits per heavy atom. The molecule has 2 aromatic carbocycles. The van der Waals surface area contributed by atoms with Crippen LogP contribution < -0.4 is 5.69 Å². The smallest absolute Gasteiger partial charge is 0.326 e. The summed E-state index contributed by atoms with van der Waals surface area (Å²) in [5.41, 5.74) is 2.73. The highest BCUT2D eigenvalue weighted by Crippen LogP contribution is 2.18. The van der Waals surface area contributed by atoms with Gasteiger partial charge in [-0.05, 0) is 24.3 Å². The fraction of sp³-hybridized carbons (Fsp3) is 0.211. The third-order valence-corrected chi connectivity index (χ3v) is 5.11. The number of H-pyrrole nitrogens is 1. The molecule has 0 aliphatic heterocycles. The largest absolute Gasteiger partial charge is 0.338 e. The van der Waals surface area contributed by atoms with E-state index >= 15 is 0 Å². The van der Waals surface area contributed by atoms with E-state index in [-0.39, 0.29) is 5.69 Å². The molecule has 0 fully saturated rings. The van der Waals surface area contributed by atoms with E-state index in [1.165, 1.54) is 0 Å². The summed E-state index contributed by atoms with van der Waals surface area (Å²) in [5, 5.41) is 4.02. The van der Waals surface area contributed by atoms with Crippen LogP contribution in [0.1, 0.15) is 12.3 Å². The summed E-state index contributed by atoms with van der Waals surface area (Å²) in [5.74, 6) is 2.82. The van der Waals surface area contributed by atoms with Crippen molar-refractivity contribution in [2.24, 2.45) is 0 Å². The molecule has 0 aliphatic rings. The highest BCUT2D eigenvalue weighted by atomic mass is 32.2. The second-order valence-corrected chi connectivity index (χ2v) is 6.99. The normalized spacial score (nSPS) is 11.2. The lowest BCUT2D eigenvalue weighted by Crippen LogP contribution is -2.17. The number of para-hydroxylation sites is 2. The van der Waals surface area contributed by atoms with Crippen molar-refractivity contribution in [1.82, 2.24) is 19.7 Å². The molecule has 0 radical (unpaired) electrons. The lowest BCUT2D eigenvalue weighted by molar-refractivity contribution is 0.391. The summed E-state index contributed by atoms with van der Waals surface area (Å²) in [4.78, 5) is 19.3. The summed E-state index contributed by atoms with van der Waals surface area (Å²) < 4.78 is 7.09. The summed E-state index contributed by atoms with van der Waals surface area (Å²) in [7, 11) is 0. The van der Waals surface area contributed by atoms with E-state index in [2.05, 4.69) is 15.1 Å². The minimum Gasteiger partial charge on any atom is -0.338 e. The Morgan fingerprint density at radius 1 is 1.08 bits per heavy atom. The van der Waals surface area contributed by atoms with Gasteiger partial charge in [-0.3, -0.25) is 4.57 Å². The second-order valence-electron chi connectivity index (χ2n) is 5.88. The first-order valence-electron chi connectivity index (χ1n) is 8.44. The Labute approximate surface area is 154 Å². The highest BCUT2D eigenvalue weighted by molar-refractivity contribution is 7.98. The van der Waals surface area contributed by atoms with Crippen molar-refractivity contribution < 1.29 is 4.52 Å². The summed E-state index contributed by atoms with van der Waals surface area (Å²) in [6.45, 7) is 0.689. The maximum Gasteiger partial charge on any atom is 0.326 e. The maximum absolute atomic E-state index is 12.0. The van der Waals surface area contributed by atoms with Gasteiger partial charge in [-0.1, -0.05) is 47.6 Å². The van der Waals surface area contributed by atoms with Gasteiger partial charge < -0.3 is 9.51 Å². The topological polar surface area (TPSA) is 76.7 Å². The van der Waals surface area contributed by atoms with Crippen LogP contribution in [0.2, 0.25) is 0 Å². The van der Waals surface area contributed by atoms with E-state index in [4.69, 9.17) is 4.52 Å². The number of rotatable bonds is 7. The molecule has 0 spiro atoms. The van der Waals surface area contributed by atoms with Gasteiger partial charge in [0, 0.05) is 12.1 Å². The second kappa shape index (κ2) is 7.61. The summed E-state index contributed by atoms with van der Waals surface area (Å²) >= 11 is 1.73. The van der Waals surface area contributed by atoms with Crippen molar-refractivity contribution in [1.29, 1.82) is 0 Å². The first-order chi connectivity index (χ1) is 12.8. The maximum atomic E-state index is 12.0. The average Bonchev–Trinajstić information content (AvgIpc) is 3.27. The number of fused-ring (bicyclic) bond motifs is 1. The molecule has 0 amide bonds. The Morgan fingerprint density at radius 2 is 1.88 bits per heavy atom. The molecule has 0 bridgehead atoms. The number of nitrogens with one attached hydrogen (secondary N) is 1. The van der Waals surface area contributed by atoms with Crippen LogP contribution in [-0.2, 0) is 12.3 Å². The Hall–Kier alpha value is -2.80. The summed E-state index contributed by atoms with van der Waals surface area (Å²) in [6.07, 6.45) is 0.895. The van der Waals surface area contributed by atoms with Gasteiger partial charge in [-0.15, -0.1) is 0 Å². The molecule has 7 heteroatoms. The van der Waals surface area contributed by atoms with E-state index in [0.29, 0.717) is 24.0 Å². The number of benzene rings is 2. The number of hydrogen-bond acceptors (Lipinski definition) is 5. The minimum atomic E-state index is -0.0550. The molecule has 4 aromatic rings. The zero-order valence-corrected chi connectivity index (χ0v) is 14.9. The van der Waals surface area contributed by atoms with Gasteiger partial charge in [-0.2, -0.15) is 16.7 Å². The fourth-order valence-corrected chi connectivity index (χ4v) is 3.60. The number of aromatic nitrogens is 4. The molecule has 132 valence electrons. The van der Waals surface area contributed by atoms with Crippen molar-refractivity contribution in [2.45, 2.75) is 18.7 Å². The molecule has 26 heavy (non-hydrogen) atoms. The molecule has 1 N–H and O–H groups in total. The van der Waals surface area contributed by atoms with Crippen LogP contribution in [0, 0.1) is 0 Å². The lowest BCUT2D eigenvalue weighted by Gasteiger charge is -2.02. The predicted molar refractivity (Wildman–Crippen MR) is 103 cm³/mol. The highest BCUT2D eigenvalue weighted by Gasteiger charge is 2.09. The molecule has 6 nitrogen and oxygen atoms in total. The molecule has 0 unspecified atom stereocenters. The number of aryl methyl sites for hydroxylation is 1. The van der Waals surface area contributed by atoms with Crippen molar-refractivity contribution in [3.05, 3.63) is 71.0 Å².